The van der Waals surface area contributed by atoms with Gasteiger partial charge in [0.1, 0.15) is 5.75 Å². The Morgan fingerprint density at radius 1 is 1.07 bits per heavy atom. The van der Waals surface area contributed by atoms with E-state index in [9.17, 15) is 9.59 Å². The van der Waals surface area contributed by atoms with E-state index in [2.05, 4.69) is 20.8 Å². The van der Waals surface area contributed by atoms with Crippen LogP contribution in [0, 0.1) is 22.7 Å². The molecule has 4 rings (SSSR count). The van der Waals surface area contributed by atoms with E-state index in [-0.39, 0.29) is 28.5 Å². The van der Waals surface area contributed by atoms with Crippen LogP contribution in [0.4, 0.5) is 0 Å². The third-order valence-electron chi connectivity index (χ3n) is 7.31. The van der Waals surface area contributed by atoms with E-state index in [1.807, 2.05) is 54.6 Å². The predicted molar refractivity (Wildman–Crippen MR) is 113 cm³/mol. The molecule has 2 bridgehead atoms. The lowest BCUT2D eigenvalue weighted by molar-refractivity contribution is -0.137. The normalized spacial score (nSPS) is 27.2. The highest BCUT2D eigenvalue weighted by Gasteiger charge is 2.64. The molecule has 2 aromatic rings. The number of hydrogen-bond donors (Lipinski definition) is 0. The first-order valence-electron chi connectivity index (χ1n) is 10.4. The Balaban J connectivity index is 1.66. The maximum atomic E-state index is 13.3. The van der Waals surface area contributed by atoms with E-state index in [1.165, 1.54) is 0 Å². The average molecular weight is 389 g/mol. The zero-order valence-electron chi connectivity index (χ0n) is 17.4. The smallest absolute Gasteiger partial charge is 0.318 e. The lowest BCUT2D eigenvalue weighted by Crippen LogP contribution is -2.32. The van der Waals surface area contributed by atoms with Crippen LogP contribution >= 0.6 is 0 Å². The van der Waals surface area contributed by atoms with Gasteiger partial charge in [-0.25, -0.2) is 0 Å². The van der Waals surface area contributed by atoms with Crippen molar-refractivity contribution in [3.8, 4) is 5.75 Å². The molecule has 0 saturated heterocycles. The fourth-order valence-corrected chi connectivity index (χ4v) is 5.10. The Labute approximate surface area is 172 Å². The molecule has 2 aliphatic carbocycles. The van der Waals surface area contributed by atoms with Gasteiger partial charge >= 0.3 is 5.97 Å². The number of Topliss-reactive ketones (excluding diaryl/α,β-unsaturated/α-hetero) is 1. The number of allylic oxidation sites excluding steroid dienone is 1. The first-order valence-corrected chi connectivity index (χ1v) is 10.4. The maximum Gasteiger partial charge on any atom is 0.318 e. The molecule has 0 N–H and O–H groups in total. The quantitative estimate of drug-likeness (QED) is 0.391. The summed E-state index contributed by atoms with van der Waals surface area (Å²) >= 11 is 0. The van der Waals surface area contributed by atoms with E-state index in [0.29, 0.717) is 12.2 Å². The molecule has 2 fully saturated rings. The zero-order valence-corrected chi connectivity index (χ0v) is 17.4. The number of fused-ring (bicyclic) bond motifs is 2. The summed E-state index contributed by atoms with van der Waals surface area (Å²) in [6, 6.07) is 19.0. The van der Waals surface area contributed by atoms with Gasteiger partial charge in [-0.2, -0.15) is 0 Å². The SMILES string of the molecule is CC1(C)[C@@H]2CC[C@]1(C)C(=O)/C2=C\[C@@H](Cc1ccccc1)C(=O)Oc1ccccc1. The third kappa shape index (κ3) is 3.33. The number of hydrogen-bond acceptors (Lipinski definition) is 3. The van der Waals surface area contributed by atoms with Crippen LogP contribution < -0.4 is 4.74 Å². The van der Waals surface area contributed by atoms with Gasteiger partial charge in [-0.3, -0.25) is 9.59 Å². The highest BCUT2D eigenvalue weighted by atomic mass is 16.5. The van der Waals surface area contributed by atoms with Crippen molar-refractivity contribution in [3.63, 3.8) is 0 Å². The summed E-state index contributed by atoms with van der Waals surface area (Å²) in [7, 11) is 0. The monoisotopic (exact) mass is 388 g/mol. The van der Waals surface area contributed by atoms with Crippen molar-refractivity contribution in [1.29, 1.82) is 0 Å². The van der Waals surface area contributed by atoms with Crippen molar-refractivity contribution in [3.05, 3.63) is 77.9 Å². The van der Waals surface area contributed by atoms with Gasteiger partial charge in [-0.15, -0.1) is 0 Å². The van der Waals surface area contributed by atoms with Crippen LogP contribution in [0.25, 0.3) is 0 Å². The third-order valence-corrected chi connectivity index (χ3v) is 7.31. The second kappa shape index (κ2) is 7.29. The van der Waals surface area contributed by atoms with Crippen LogP contribution in [-0.4, -0.2) is 11.8 Å². The number of carbonyl (C=O) groups excluding carboxylic acids is 2. The van der Waals surface area contributed by atoms with Crippen molar-refractivity contribution in [2.45, 2.75) is 40.0 Å². The minimum absolute atomic E-state index is 0.0729. The first-order chi connectivity index (χ1) is 13.8. The Hall–Kier alpha value is -2.68. The van der Waals surface area contributed by atoms with Gasteiger partial charge in [0, 0.05) is 5.41 Å². The standard InChI is InChI=1S/C26H28O3/c1-25(2)22-14-15-26(25,3)23(27)21(22)17-19(16-18-10-6-4-7-11-18)24(28)29-20-12-8-5-9-13-20/h4-13,17,19,22H,14-16H2,1-3H3/b21-17-/t19-,22-,26-/m1/s1. The topological polar surface area (TPSA) is 43.4 Å². The summed E-state index contributed by atoms with van der Waals surface area (Å²) in [6.07, 6.45) is 4.37. The van der Waals surface area contributed by atoms with Crippen LogP contribution in [0.5, 0.6) is 5.75 Å². The van der Waals surface area contributed by atoms with Crippen molar-refractivity contribution in [2.24, 2.45) is 22.7 Å². The van der Waals surface area contributed by atoms with E-state index >= 15 is 0 Å². The van der Waals surface area contributed by atoms with E-state index < -0.39 is 5.92 Å². The zero-order chi connectivity index (χ0) is 20.6. The highest BCUT2D eigenvalue weighted by Crippen LogP contribution is 2.65. The molecule has 2 aromatic carbocycles. The predicted octanol–water partition coefficient (Wildman–Crippen LogP) is 5.40. The average Bonchev–Trinajstić information content (AvgIpc) is 3.02. The summed E-state index contributed by atoms with van der Waals surface area (Å²) < 4.78 is 5.66. The molecular weight excluding hydrogens is 360 g/mol. The number of ketones is 1. The Morgan fingerprint density at radius 2 is 1.69 bits per heavy atom. The minimum atomic E-state index is -0.490. The molecule has 0 heterocycles. The molecule has 0 aromatic heterocycles. The molecule has 150 valence electrons. The molecule has 0 aliphatic heterocycles. The summed E-state index contributed by atoms with van der Waals surface area (Å²) in [5.41, 5.74) is 1.48. The van der Waals surface area contributed by atoms with Crippen molar-refractivity contribution in [1.82, 2.24) is 0 Å². The van der Waals surface area contributed by atoms with Crippen molar-refractivity contribution < 1.29 is 14.3 Å². The maximum absolute atomic E-state index is 13.3. The van der Waals surface area contributed by atoms with Crippen LogP contribution in [0.3, 0.4) is 0 Å². The fraction of sp³-hybridized carbons (Fsp3) is 0.385. The van der Waals surface area contributed by atoms with Crippen LogP contribution in [0.1, 0.15) is 39.2 Å². The molecule has 0 amide bonds. The summed E-state index contributed by atoms with van der Waals surface area (Å²) in [5.74, 6) is 0.147. The first kappa shape index (κ1) is 19.6. The highest BCUT2D eigenvalue weighted by molar-refractivity contribution is 6.05. The second-order valence-electron chi connectivity index (χ2n) is 9.13. The number of ether oxygens (including phenoxy) is 1. The van der Waals surface area contributed by atoms with Crippen molar-refractivity contribution >= 4 is 11.8 Å². The molecule has 3 atom stereocenters. The summed E-state index contributed by atoms with van der Waals surface area (Å²) in [4.78, 5) is 26.3. The van der Waals surface area contributed by atoms with Gasteiger partial charge in [-0.05, 0) is 53.9 Å². The number of para-hydroxylation sites is 1. The van der Waals surface area contributed by atoms with E-state index in [4.69, 9.17) is 4.74 Å². The van der Waals surface area contributed by atoms with Gasteiger partial charge in [0.15, 0.2) is 5.78 Å². The minimum Gasteiger partial charge on any atom is -0.426 e. The van der Waals surface area contributed by atoms with Gasteiger partial charge in [0.05, 0.1) is 5.92 Å². The molecular formula is C26H28O3. The second-order valence-corrected chi connectivity index (χ2v) is 9.13. The molecule has 29 heavy (non-hydrogen) atoms. The van der Waals surface area contributed by atoms with Gasteiger partial charge in [0.2, 0.25) is 0 Å². The number of esters is 1. The van der Waals surface area contributed by atoms with Gasteiger partial charge in [0.25, 0.3) is 0 Å². The van der Waals surface area contributed by atoms with Crippen LogP contribution in [-0.2, 0) is 16.0 Å². The molecule has 2 saturated carbocycles. The number of carbonyl (C=O) groups is 2. The molecule has 0 unspecified atom stereocenters. The molecule has 0 spiro atoms. The summed E-state index contributed by atoms with van der Waals surface area (Å²) in [6.45, 7) is 6.47. The Kier molecular flexibility index (Phi) is 4.94. The molecule has 3 nitrogen and oxygen atoms in total. The van der Waals surface area contributed by atoms with E-state index in [1.54, 1.807) is 12.1 Å². The lowest BCUT2D eigenvalue weighted by Gasteiger charge is -2.31. The van der Waals surface area contributed by atoms with Gasteiger partial charge in [-0.1, -0.05) is 75.4 Å². The largest absolute Gasteiger partial charge is 0.426 e. The van der Waals surface area contributed by atoms with E-state index in [0.717, 1.165) is 24.0 Å². The Bertz CT molecular complexity index is 942. The van der Waals surface area contributed by atoms with Crippen molar-refractivity contribution in [2.75, 3.05) is 0 Å². The molecule has 2 aliphatic rings. The number of benzene rings is 2. The fourth-order valence-electron chi connectivity index (χ4n) is 5.10. The van der Waals surface area contributed by atoms with Crippen LogP contribution in [0.2, 0.25) is 0 Å². The van der Waals surface area contributed by atoms with Gasteiger partial charge < -0.3 is 4.74 Å². The molecule has 0 radical (unpaired) electrons. The Morgan fingerprint density at radius 3 is 2.28 bits per heavy atom. The molecule has 3 heteroatoms. The van der Waals surface area contributed by atoms with Crippen LogP contribution in [0.15, 0.2) is 72.3 Å². The number of rotatable bonds is 5. The lowest BCUT2D eigenvalue weighted by atomic mass is 9.70. The summed E-state index contributed by atoms with van der Waals surface area (Å²) in [5, 5.41) is 0.